The molecule has 0 aliphatic heterocycles. The molecule has 1 heterocycles. The molecule has 1 N–H and O–H groups in total. The number of nitrogens with one attached hydrogen (secondary N) is 1. The molecule has 0 aliphatic carbocycles. The first-order valence-electron chi connectivity index (χ1n) is 6.59. The van der Waals surface area contributed by atoms with Crippen molar-refractivity contribution in [3.63, 3.8) is 0 Å². The second-order valence-electron chi connectivity index (χ2n) is 5.10. The van der Waals surface area contributed by atoms with Gasteiger partial charge < -0.3 is 10.1 Å². The Hall–Kier alpha value is -2.07. The summed E-state index contributed by atoms with van der Waals surface area (Å²) in [7, 11) is 0. The van der Waals surface area contributed by atoms with Gasteiger partial charge in [0, 0.05) is 24.0 Å². The highest BCUT2D eigenvalue weighted by Crippen LogP contribution is 2.21. The maximum Gasteiger partial charge on any atom is 0.263 e. The van der Waals surface area contributed by atoms with Crippen LogP contribution in [0.5, 0.6) is 5.75 Å². The molecule has 0 bridgehead atoms. The molecule has 0 saturated carbocycles. The SMILES string of the molecule is CC(C)(Oc1ccc(Cl)cc1)C(=O)NCc1ccncc1. The van der Waals surface area contributed by atoms with Crippen LogP contribution in [0.25, 0.3) is 0 Å². The quantitative estimate of drug-likeness (QED) is 0.923. The minimum absolute atomic E-state index is 0.186. The summed E-state index contributed by atoms with van der Waals surface area (Å²) >= 11 is 5.82. The van der Waals surface area contributed by atoms with Crippen LogP contribution in [-0.2, 0) is 11.3 Å². The van der Waals surface area contributed by atoms with Crippen molar-refractivity contribution in [2.75, 3.05) is 0 Å². The monoisotopic (exact) mass is 304 g/mol. The summed E-state index contributed by atoms with van der Waals surface area (Å²) in [5.41, 5.74) is 0.0153. The van der Waals surface area contributed by atoms with Crippen molar-refractivity contribution in [1.82, 2.24) is 10.3 Å². The molecule has 1 amide bonds. The molecule has 0 aliphatic rings. The summed E-state index contributed by atoms with van der Waals surface area (Å²) in [5, 5.41) is 3.48. The van der Waals surface area contributed by atoms with Crippen molar-refractivity contribution < 1.29 is 9.53 Å². The molecule has 110 valence electrons. The third-order valence-electron chi connectivity index (χ3n) is 2.94. The standard InChI is InChI=1S/C16H17ClN2O2/c1-16(2,21-14-5-3-13(17)4-6-14)15(20)19-11-12-7-9-18-10-8-12/h3-10H,11H2,1-2H3,(H,19,20). The van der Waals surface area contributed by atoms with Gasteiger partial charge in [-0.1, -0.05) is 11.6 Å². The van der Waals surface area contributed by atoms with Crippen LogP contribution in [0.3, 0.4) is 0 Å². The smallest absolute Gasteiger partial charge is 0.263 e. The van der Waals surface area contributed by atoms with E-state index in [1.807, 2.05) is 12.1 Å². The average molecular weight is 305 g/mol. The zero-order valence-corrected chi connectivity index (χ0v) is 12.7. The highest BCUT2D eigenvalue weighted by Gasteiger charge is 2.29. The Morgan fingerprint density at radius 2 is 1.81 bits per heavy atom. The van der Waals surface area contributed by atoms with Gasteiger partial charge in [0.1, 0.15) is 5.75 Å². The zero-order chi connectivity index (χ0) is 15.3. The second kappa shape index (κ2) is 6.59. The largest absolute Gasteiger partial charge is 0.478 e. The van der Waals surface area contributed by atoms with Crippen molar-refractivity contribution in [3.05, 3.63) is 59.4 Å². The van der Waals surface area contributed by atoms with Crippen LogP contribution in [0.1, 0.15) is 19.4 Å². The number of hydrogen-bond acceptors (Lipinski definition) is 3. The molecule has 0 spiro atoms. The van der Waals surface area contributed by atoms with Crippen molar-refractivity contribution >= 4 is 17.5 Å². The zero-order valence-electron chi connectivity index (χ0n) is 12.0. The number of rotatable bonds is 5. The second-order valence-corrected chi connectivity index (χ2v) is 5.54. The van der Waals surface area contributed by atoms with Gasteiger partial charge in [-0.05, 0) is 55.8 Å². The maximum atomic E-state index is 12.2. The number of nitrogens with zero attached hydrogens (tertiary/aromatic N) is 1. The molecular weight excluding hydrogens is 288 g/mol. The Balaban J connectivity index is 1.95. The number of aromatic nitrogens is 1. The lowest BCUT2D eigenvalue weighted by molar-refractivity contribution is -0.134. The Labute approximate surface area is 129 Å². The highest BCUT2D eigenvalue weighted by molar-refractivity contribution is 6.30. The average Bonchev–Trinajstić information content (AvgIpc) is 2.48. The number of benzene rings is 1. The van der Waals surface area contributed by atoms with Crippen LogP contribution in [-0.4, -0.2) is 16.5 Å². The van der Waals surface area contributed by atoms with E-state index in [0.717, 1.165) is 5.56 Å². The fourth-order valence-corrected chi connectivity index (χ4v) is 1.87. The number of amides is 1. The van der Waals surface area contributed by atoms with E-state index in [1.165, 1.54) is 0 Å². The van der Waals surface area contributed by atoms with Gasteiger partial charge >= 0.3 is 0 Å². The van der Waals surface area contributed by atoms with Gasteiger partial charge in [0.05, 0.1) is 0 Å². The van der Waals surface area contributed by atoms with E-state index in [0.29, 0.717) is 17.3 Å². The summed E-state index contributed by atoms with van der Waals surface area (Å²) in [4.78, 5) is 16.2. The topological polar surface area (TPSA) is 51.2 Å². The highest BCUT2D eigenvalue weighted by atomic mass is 35.5. The van der Waals surface area contributed by atoms with Crippen LogP contribution >= 0.6 is 11.6 Å². The molecule has 5 heteroatoms. The van der Waals surface area contributed by atoms with Crippen LogP contribution in [0.4, 0.5) is 0 Å². The van der Waals surface area contributed by atoms with Gasteiger partial charge in [-0.3, -0.25) is 9.78 Å². The summed E-state index contributed by atoms with van der Waals surface area (Å²) in [6, 6.07) is 10.6. The molecule has 2 aromatic rings. The van der Waals surface area contributed by atoms with Gasteiger partial charge in [-0.2, -0.15) is 0 Å². The molecule has 1 aromatic carbocycles. The first-order chi connectivity index (χ1) is 9.97. The number of hydrogen-bond donors (Lipinski definition) is 1. The first kappa shape index (κ1) is 15.3. The predicted molar refractivity (Wildman–Crippen MR) is 82.2 cm³/mol. The molecule has 2 rings (SSSR count). The lowest BCUT2D eigenvalue weighted by Crippen LogP contribution is -2.46. The number of pyridine rings is 1. The molecule has 0 saturated heterocycles. The van der Waals surface area contributed by atoms with E-state index < -0.39 is 5.60 Å². The molecule has 21 heavy (non-hydrogen) atoms. The van der Waals surface area contributed by atoms with E-state index in [9.17, 15) is 4.79 Å². The van der Waals surface area contributed by atoms with Crippen molar-refractivity contribution in [2.45, 2.75) is 26.0 Å². The van der Waals surface area contributed by atoms with Gasteiger partial charge in [0.25, 0.3) is 5.91 Å². The fourth-order valence-electron chi connectivity index (χ4n) is 1.74. The van der Waals surface area contributed by atoms with Gasteiger partial charge in [-0.15, -0.1) is 0 Å². The van der Waals surface area contributed by atoms with Crippen LogP contribution in [0, 0.1) is 0 Å². The third kappa shape index (κ3) is 4.46. The summed E-state index contributed by atoms with van der Waals surface area (Å²) in [6.45, 7) is 3.89. The number of ether oxygens (including phenoxy) is 1. The van der Waals surface area contributed by atoms with E-state index in [2.05, 4.69) is 10.3 Å². The van der Waals surface area contributed by atoms with E-state index in [4.69, 9.17) is 16.3 Å². The van der Waals surface area contributed by atoms with Crippen molar-refractivity contribution in [3.8, 4) is 5.75 Å². The van der Waals surface area contributed by atoms with Gasteiger partial charge in [-0.25, -0.2) is 0 Å². The number of carbonyl (C=O) groups is 1. The lowest BCUT2D eigenvalue weighted by atomic mass is 10.1. The van der Waals surface area contributed by atoms with Crippen LogP contribution in [0.15, 0.2) is 48.8 Å². The minimum atomic E-state index is -0.971. The molecule has 0 fully saturated rings. The lowest BCUT2D eigenvalue weighted by Gasteiger charge is -2.25. The fraction of sp³-hybridized carbons (Fsp3) is 0.250. The van der Waals surface area contributed by atoms with E-state index >= 15 is 0 Å². The van der Waals surface area contributed by atoms with Gasteiger partial charge in [0.15, 0.2) is 5.60 Å². The Kier molecular flexibility index (Phi) is 4.81. The number of halogens is 1. The van der Waals surface area contributed by atoms with Gasteiger partial charge in [0.2, 0.25) is 0 Å². The minimum Gasteiger partial charge on any atom is -0.478 e. The van der Waals surface area contributed by atoms with Crippen molar-refractivity contribution in [2.24, 2.45) is 0 Å². The Morgan fingerprint density at radius 1 is 1.19 bits per heavy atom. The van der Waals surface area contributed by atoms with Crippen LogP contribution < -0.4 is 10.1 Å². The predicted octanol–water partition coefficient (Wildman–Crippen LogP) is 3.21. The molecule has 1 aromatic heterocycles. The van der Waals surface area contributed by atoms with Crippen molar-refractivity contribution in [1.29, 1.82) is 0 Å². The normalized spacial score (nSPS) is 11.0. The first-order valence-corrected chi connectivity index (χ1v) is 6.97. The van der Waals surface area contributed by atoms with E-state index in [1.54, 1.807) is 50.5 Å². The summed E-state index contributed by atoms with van der Waals surface area (Å²) in [6.07, 6.45) is 3.38. The maximum absolute atomic E-state index is 12.2. The molecule has 4 nitrogen and oxygen atoms in total. The molecule has 0 atom stereocenters. The summed E-state index contributed by atoms with van der Waals surface area (Å²) < 4.78 is 5.72. The van der Waals surface area contributed by atoms with E-state index in [-0.39, 0.29) is 5.91 Å². The van der Waals surface area contributed by atoms with Crippen LogP contribution in [0.2, 0.25) is 5.02 Å². The summed E-state index contributed by atoms with van der Waals surface area (Å²) in [5.74, 6) is 0.415. The Morgan fingerprint density at radius 3 is 2.43 bits per heavy atom. The Bertz CT molecular complexity index is 597. The number of carbonyl (C=O) groups excluding carboxylic acids is 1. The molecule has 0 unspecified atom stereocenters. The molecule has 0 radical (unpaired) electrons. The molecular formula is C16H17ClN2O2. The third-order valence-corrected chi connectivity index (χ3v) is 3.19.